The number of rotatable bonds is 3. The highest BCUT2D eigenvalue weighted by molar-refractivity contribution is 5.68. The summed E-state index contributed by atoms with van der Waals surface area (Å²) in [6, 6.07) is 0. The van der Waals surface area contributed by atoms with Crippen LogP contribution in [0.2, 0.25) is 0 Å². The molecule has 0 aromatic heterocycles. The minimum atomic E-state index is -0.418. The summed E-state index contributed by atoms with van der Waals surface area (Å²) in [5.74, 6) is 0. The van der Waals surface area contributed by atoms with Crippen LogP contribution in [0, 0.1) is 5.41 Å². The lowest BCUT2D eigenvalue weighted by Gasteiger charge is -2.40. The van der Waals surface area contributed by atoms with E-state index in [9.17, 15) is 4.79 Å². The fourth-order valence-corrected chi connectivity index (χ4v) is 1.46. The van der Waals surface area contributed by atoms with Gasteiger partial charge in [-0.25, -0.2) is 4.79 Å². The van der Waals surface area contributed by atoms with Crippen LogP contribution in [0.25, 0.3) is 0 Å². The number of hydrogen-bond donors (Lipinski definition) is 2. The van der Waals surface area contributed by atoms with E-state index in [4.69, 9.17) is 9.84 Å². The number of aliphatic hydroxyl groups excluding tert-OH is 1. The Hall–Kier alpha value is -0.770. The highest BCUT2D eigenvalue weighted by Crippen LogP contribution is 2.31. The average molecular weight is 215 g/mol. The third-order valence-corrected chi connectivity index (χ3v) is 2.62. The molecule has 0 radical (unpaired) electrons. The van der Waals surface area contributed by atoms with E-state index in [0.717, 1.165) is 19.3 Å². The van der Waals surface area contributed by atoms with Crippen LogP contribution in [-0.2, 0) is 4.74 Å². The zero-order chi connectivity index (χ0) is 11.5. The van der Waals surface area contributed by atoms with Crippen molar-refractivity contribution in [2.75, 3.05) is 13.2 Å². The number of aliphatic hydroxyl groups is 1. The standard InChI is InChI=1S/C11H21NO3/c1-10(2,3)8-15-9(14)12-11(7-13)5-4-6-11/h13H,4-8H2,1-3H3,(H,12,14). The summed E-state index contributed by atoms with van der Waals surface area (Å²) >= 11 is 0. The van der Waals surface area contributed by atoms with Gasteiger partial charge in [0.05, 0.1) is 18.8 Å². The monoisotopic (exact) mass is 215 g/mol. The maximum Gasteiger partial charge on any atom is 0.407 e. The molecule has 0 saturated heterocycles. The van der Waals surface area contributed by atoms with Crippen LogP contribution in [0.15, 0.2) is 0 Å². The molecule has 1 fully saturated rings. The molecule has 0 atom stereocenters. The van der Waals surface area contributed by atoms with Crippen molar-refractivity contribution in [1.82, 2.24) is 5.32 Å². The lowest BCUT2D eigenvalue weighted by atomic mass is 9.77. The molecule has 0 heterocycles. The molecular formula is C11H21NO3. The van der Waals surface area contributed by atoms with Gasteiger partial charge < -0.3 is 15.2 Å². The molecule has 0 bridgehead atoms. The highest BCUT2D eigenvalue weighted by Gasteiger charge is 2.38. The number of nitrogens with one attached hydrogen (secondary N) is 1. The van der Waals surface area contributed by atoms with Gasteiger partial charge in [0.1, 0.15) is 0 Å². The summed E-state index contributed by atoms with van der Waals surface area (Å²) in [7, 11) is 0. The molecule has 0 unspecified atom stereocenters. The van der Waals surface area contributed by atoms with Crippen LogP contribution < -0.4 is 5.32 Å². The predicted octanol–water partition coefficient (Wildman–Crippen LogP) is 1.67. The van der Waals surface area contributed by atoms with Gasteiger partial charge in [0.15, 0.2) is 0 Å². The second kappa shape index (κ2) is 4.39. The van der Waals surface area contributed by atoms with Gasteiger partial charge in [-0.3, -0.25) is 0 Å². The molecule has 1 aliphatic rings. The van der Waals surface area contributed by atoms with Crippen molar-refractivity contribution in [3.05, 3.63) is 0 Å². The minimum absolute atomic E-state index is 0.00236. The van der Waals surface area contributed by atoms with Gasteiger partial charge in [-0.15, -0.1) is 0 Å². The number of hydrogen-bond acceptors (Lipinski definition) is 3. The molecule has 0 spiro atoms. The number of carbonyl (C=O) groups excluding carboxylic acids is 1. The lowest BCUT2D eigenvalue weighted by molar-refractivity contribution is 0.0585. The summed E-state index contributed by atoms with van der Waals surface area (Å²) in [5.41, 5.74) is -0.432. The number of amides is 1. The van der Waals surface area contributed by atoms with Crippen LogP contribution in [0.1, 0.15) is 40.0 Å². The van der Waals surface area contributed by atoms with Crippen molar-refractivity contribution in [3.63, 3.8) is 0 Å². The van der Waals surface area contributed by atoms with E-state index < -0.39 is 11.6 Å². The molecule has 0 aromatic rings. The summed E-state index contributed by atoms with van der Waals surface area (Å²) in [5, 5.41) is 11.9. The van der Waals surface area contributed by atoms with Crippen LogP contribution in [0.4, 0.5) is 4.79 Å². The van der Waals surface area contributed by atoms with E-state index in [2.05, 4.69) is 5.32 Å². The molecule has 0 aromatic carbocycles. The van der Waals surface area contributed by atoms with Gasteiger partial charge in [-0.1, -0.05) is 20.8 Å². The molecule has 1 amide bonds. The van der Waals surface area contributed by atoms with Crippen molar-refractivity contribution in [2.45, 2.75) is 45.6 Å². The van der Waals surface area contributed by atoms with Crippen LogP contribution in [0.5, 0.6) is 0 Å². The molecule has 1 saturated carbocycles. The molecule has 0 aliphatic heterocycles. The third-order valence-electron chi connectivity index (χ3n) is 2.62. The second-order valence-corrected chi connectivity index (χ2v) is 5.55. The third kappa shape index (κ3) is 3.70. The van der Waals surface area contributed by atoms with E-state index in [1.807, 2.05) is 20.8 Å². The van der Waals surface area contributed by atoms with Gasteiger partial charge in [0.2, 0.25) is 0 Å². The first-order chi connectivity index (χ1) is 6.87. The van der Waals surface area contributed by atoms with Gasteiger partial charge in [-0.2, -0.15) is 0 Å². The maximum atomic E-state index is 11.4. The topological polar surface area (TPSA) is 58.6 Å². The number of ether oxygens (including phenoxy) is 1. The Kier molecular flexibility index (Phi) is 3.60. The quantitative estimate of drug-likeness (QED) is 0.753. The van der Waals surface area contributed by atoms with E-state index in [1.165, 1.54) is 0 Å². The number of carbonyl (C=O) groups is 1. The Balaban J connectivity index is 2.29. The largest absolute Gasteiger partial charge is 0.449 e. The summed E-state index contributed by atoms with van der Waals surface area (Å²) in [6.45, 7) is 6.40. The van der Waals surface area contributed by atoms with Crippen molar-refractivity contribution >= 4 is 6.09 Å². The van der Waals surface area contributed by atoms with Gasteiger partial charge in [0.25, 0.3) is 0 Å². The highest BCUT2D eigenvalue weighted by atomic mass is 16.5. The van der Waals surface area contributed by atoms with Crippen molar-refractivity contribution in [3.8, 4) is 0 Å². The minimum Gasteiger partial charge on any atom is -0.449 e. The predicted molar refractivity (Wildman–Crippen MR) is 57.6 cm³/mol. The van der Waals surface area contributed by atoms with Gasteiger partial charge in [-0.05, 0) is 24.7 Å². The molecule has 4 nitrogen and oxygen atoms in total. The second-order valence-electron chi connectivity index (χ2n) is 5.55. The average Bonchev–Trinajstić information content (AvgIpc) is 2.07. The van der Waals surface area contributed by atoms with E-state index in [-0.39, 0.29) is 12.0 Å². The summed E-state index contributed by atoms with van der Waals surface area (Å²) in [6.07, 6.45) is 2.32. The zero-order valence-electron chi connectivity index (χ0n) is 9.80. The Labute approximate surface area is 91.0 Å². The summed E-state index contributed by atoms with van der Waals surface area (Å²) < 4.78 is 5.08. The maximum absolute atomic E-state index is 11.4. The lowest BCUT2D eigenvalue weighted by Crippen LogP contribution is -2.56. The molecule has 15 heavy (non-hydrogen) atoms. The summed E-state index contributed by atoms with van der Waals surface area (Å²) in [4.78, 5) is 11.4. The van der Waals surface area contributed by atoms with Crippen molar-refractivity contribution in [2.24, 2.45) is 5.41 Å². The molecular weight excluding hydrogens is 194 g/mol. The fraction of sp³-hybridized carbons (Fsp3) is 0.909. The molecule has 1 rings (SSSR count). The van der Waals surface area contributed by atoms with E-state index >= 15 is 0 Å². The van der Waals surface area contributed by atoms with Crippen LogP contribution in [0.3, 0.4) is 0 Å². The van der Waals surface area contributed by atoms with Gasteiger partial charge in [0, 0.05) is 0 Å². The Morgan fingerprint density at radius 3 is 2.40 bits per heavy atom. The Morgan fingerprint density at radius 2 is 2.07 bits per heavy atom. The normalized spacial score (nSPS) is 19.2. The first-order valence-corrected chi connectivity index (χ1v) is 5.43. The van der Waals surface area contributed by atoms with E-state index in [0.29, 0.717) is 6.61 Å². The van der Waals surface area contributed by atoms with Crippen molar-refractivity contribution < 1.29 is 14.6 Å². The first-order valence-electron chi connectivity index (χ1n) is 5.43. The SMILES string of the molecule is CC(C)(C)COC(=O)NC1(CO)CCC1. The van der Waals surface area contributed by atoms with Crippen LogP contribution >= 0.6 is 0 Å². The zero-order valence-corrected chi connectivity index (χ0v) is 9.80. The first kappa shape index (κ1) is 12.3. The van der Waals surface area contributed by atoms with Crippen LogP contribution in [-0.4, -0.2) is 30.0 Å². The van der Waals surface area contributed by atoms with Gasteiger partial charge >= 0.3 is 6.09 Å². The molecule has 88 valence electrons. The number of alkyl carbamates (subject to hydrolysis) is 1. The van der Waals surface area contributed by atoms with E-state index in [1.54, 1.807) is 0 Å². The Morgan fingerprint density at radius 1 is 1.47 bits per heavy atom. The molecule has 1 aliphatic carbocycles. The molecule has 4 heteroatoms. The molecule has 2 N–H and O–H groups in total. The Bertz CT molecular complexity index is 223. The smallest absolute Gasteiger partial charge is 0.407 e. The van der Waals surface area contributed by atoms with Crippen molar-refractivity contribution in [1.29, 1.82) is 0 Å². The fourth-order valence-electron chi connectivity index (χ4n) is 1.46.